The number of aryl methyl sites for hydroxylation is 1. The summed E-state index contributed by atoms with van der Waals surface area (Å²) in [6, 6.07) is 5.87. The maximum atomic E-state index is 11.6. The third-order valence-corrected chi connectivity index (χ3v) is 3.44. The SMILES string of the molecule is COc1ccc2c(c1)CCc1c-2n[nH]c1C(=O)NN. The van der Waals surface area contributed by atoms with Crippen LogP contribution in [0.3, 0.4) is 0 Å². The average molecular weight is 258 g/mol. The fraction of sp³-hybridized carbons (Fsp3) is 0.231. The van der Waals surface area contributed by atoms with Crippen molar-refractivity contribution in [3.63, 3.8) is 0 Å². The zero-order valence-electron chi connectivity index (χ0n) is 10.5. The van der Waals surface area contributed by atoms with Crippen LogP contribution < -0.4 is 16.0 Å². The molecule has 3 rings (SSSR count). The Hall–Kier alpha value is -2.34. The van der Waals surface area contributed by atoms with Crippen LogP contribution in [0.5, 0.6) is 5.75 Å². The van der Waals surface area contributed by atoms with Gasteiger partial charge < -0.3 is 4.74 Å². The van der Waals surface area contributed by atoms with Crippen molar-refractivity contribution in [3.8, 4) is 17.0 Å². The highest BCUT2D eigenvalue weighted by Gasteiger charge is 2.25. The highest BCUT2D eigenvalue weighted by Crippen LogP contribution is 2.35. The standard InChI is InChI=1S/C13H14N4O2/c1-19-8-3-5-9-7(6-8)2-4-10-11(9)16-17-12(10)13(18)15-14/h3,5-6H,2,4,14H2,1H3,(H,15,18)(H,16,17). The van der Waals surface area contributed by atoms with Gasteiger partial charge in [-0.05, 0) is 36.6 Å². The monoisotopic (exact) mass is 258 g/mol. The molecule has 0 unspecified atom stereocenters. The first-order chi connectivity index (χ1) is 9.24. The minimum Gasteiger partial charge on any atom is -0.497 e. The summed E-state index contributed by atoms with van der Waals surface area (Å²) in [6.07, 6.45) is 1.61. The van der Waals surface area contributed by atoms with Crippen LogP contribution >= 0.6 is 0 Å². The molecule has 1 aromatic carbocycles. The van der Waals surface area contributed by atoms with Gasteiger partial charge in [0.1, 0.15) is 11.4 Å². The van der Waals surface area contributed by atoms with Gasteiger partial charge in [-0.15, -0.1) is 0 Å². The molecule has 1 aliphatic rings. The lowest BCUT2D eigenvalue weighted by molar-refractivity contribution is 0.0947. The van der Waals surface area contributed by atoms with Crippen molar-refractivity contribution in [2.75, 3.05) is 7.11 Å². The average Bonchev–Trinajstić information content (AvgIpc) is 2.89. The largest absolute Gasteiger partial charge is 0.497 e. The number of ether oxygens (including phenoxy) is 1. The summed E-state index contributed by atoms with van der Waals surface area (Å²) in [5, 5.41) is 7.00. The lowest BCUT2D eigenvalue weighted by Gasteiger charge is -2.16. The molecule has 0 atom stereocenters. The number of aromatic amines is 1. The van der Waals surface area contributed by atoms with Crippen molar-refractivity contribution in [3.05, 3.63) is 35.0 Å². The molecule has 1 amide bonds. The molecule has 0 fully saturated rings. The van der Waals surface area contributed by atoms with Crippen LogP contribution in [0, 0.1) is 0 Å². The number of nitrogens with zero attached hydrogens (tertiary/aromatic N) is 1. The molecule has 19 heavy (non-hydrogen) atoms. The summed E-state index contributed by atoms with van der Waals surface area (Å²) in [4.78, 5) is 11.6. The summed E-state index contributed by atoms with van der Waals surface area (Å²) >= 11 is 0. The van der Waals surface area contributed by atoms with Gasteiger partial charge >= 0.3 is 0 Å². The van der Waals surface area contributed by atoms with Gasteiger partial charge in [0.2, 0.25) is 0 Å². The van der Waals surface area contributed by atoms with Gasteiger partial charge in [0.15, 0.2) is 0 Å². The first-order valence-electron chi connectivity index (χ1n) is 6.00. The number of rotatable bonds is 2. The molecule has 6 heteroatoms. The van der Waals surface area contributed by atoms with E-state index in [1.54, 1.807) is 7.11 Å². The summed E-state index contributed by atoms with van der Waals surface area (Å²) in [5.41, 5.74) is 6.53. The van der Waals surface area contributed by atoms with Crippen molar-refractivity contribution in [2.45, 2.75) is 12.8 Å². The number of nitrogens with one attached hydrogen (secondary N) is 2. The third kappa shape index (κ3) is 1.77. The molecule has 4 N–H and O–H groups in total. The van der Waals surface area contributed by atoms with E-state index in [4.69, 9.17) is 10.6 Å². The lowest BCUT2D eigenvalue weighted by atomic mass is 9.89. The smallest absolute Gasteiger partial charge is 0.283 e. The van der Waals surface area contributed by atoms with Gasteiger partial charge in [0, 0.05) is 11.1 Å². The van der Waals surface area contributed by atoms with Crippen LogP contribution in [-0.4, -0.2) is 23.2 Å². The summed E-state index contributed by atoms with van der Waals surface area (Å²) in [7, 11) is 1.65. The minimum absolute atomic E-state index is 0.342. The number of H-pyrrole nitrogens is 1. The Morgan fingerprint density at radius 1 is 1.47 bits per heavy atom. The first kappa shape index (κ1) is 11.7. The molecule has 1 aliphatic carbocycles. The van der Waals surface area contributed by atoms with Crippen LogP contribution in [-0.2, 0) is 12.8 Å². The number of methoxy groups -OCH3 is 1. The lowest BCUT2D eigenvalue weighted by Crippen LogP contribution is -2.31. The number of benzene rings is 1. The van der Waals surface area contributed by atoms with Crippen molar-refractivity contribution < 1.29 is 9.53 Å². The summed E-state index contributed by atoms with van der Waals surface area (Å²) in [5.74, 6) is 5.65. The van der Waals surface area contributed by atoms with Gasteiger partial charge in [0.25, 0.3) is 5.91 Å². The molecule has 0 saturated heterocycles. The summed E-state index contributed by atoms with van der Waals surface area (Å²) in [6.45, 7) is 0. The van der Waals surface area contributed by atoms with Gasteiger partial charge in [-0.2, -0.15) is 5.10 Å². The topological polar surface area (TPSA) is 93.0 Å². The molecule has 98 valence electrons. The van der Waals surface area contributed by atoms with E-state index in [1.807, 2.05) is 18.2 Å². The Bertz CT molecular complexity index is 648. The quantitative estimate of drug-likeness (QED) is 0.422. The molecule has 0 aliphatic heterocycles. The van der Waals surface area contributed by atoms with Gasteiger partial charge in [-0.3, -0.25) is 15.3 Å². The van der Waals surface area contributed by atoms with Gasteiger partial charge in [0.05, 0.1) is 12.8 Å². The van der Waals surface area contributed by atoms with E-state index in [0.29, 0.717) is 5.69 Å². The van der Waals surface area contributed by atoms with Crippen LogP contribution in [0.15, 0.2) is 18.2 Å². The number of fused-ring (bicyclic) bond motifs is 3. The van der Waals surface area contributed by atoms with Crippen LogP contribution in [0.2, 0.25) is 0 Å². The van der Waals surface area contributed by atoms with Crippen LogP contribution in [0.25, 0.3) is 11.3 Å². The van der Waals surface area contributed by atoms with Crippen molar-refractivity contribution in [1.82, 2.24) is 15.6 Å². The number of nitrogen functional groups attached to an aromatic ring is 1. The number of aromatic nitrogens is 2. The Balaban J connectivity index is 2.10. The second kappa shape index (κ2) is 4.40. The van der Waals surface area contributed by atoms with E-state index < -0.39 is 0 Å². The van der Waals surface area contributed by atoms with Crippen LogP contribution in [0.1, 0.15) is 21.6 Å². The molecule has 0 radical (unpaired) electrons. The number of hydrogen-bond acceptors (Lipinski definition) is 4. The van der Waals surface area contributed by atoms with E-state index in [9.17, 15) is 4.79 Å². The molecule has 1 aromatic heterocycles. The third-order valence-electron chi connectivity index (χ3n) is 3.44. The number of hydrazine groups is 1. The Morgan fingerprint density at radius 3 is 3.05 bits per heavy atom. The normalized spacial score (nSPS) is 12.5. The number of nitrogens with two attached hydrogens (primary N) is 1. The number of carbonyl (C=O) groups excluding carboxylic acids is 1. The zero-order chi connectivity index (χ0) is 13.4. The molecule has 6 nitrogen and oxygen atoms in total. The highest BCUT2D eigenvalue weighted by molar-refractivity contribution is 5.95. The minimum atomic E-state index is -0.342. The molecular formula is C13H14N4O2. The van der Waals surface area contributed by atoms with Crippen molar-refractivity contribution in [2.24, 2.45) is 5.84 Å². The molecular weight excluding hydrogens is 244 g/mol. The zero-order valence-corrected chi connectivity index (χ0v) is 10.5. The molecule has 2 aromatic rings. The maximum Gasteiger partial charge on any atom is 0.283 e. The van der Waals surface area contributed by atoms with E-state index in [-0.39, 0.29) is 5.91 Å². The van der Waals surface area contributed by atoms with E-state index >= 15 is 0 Å². The van der Waals surface area contributed by atoms with Crippen molar-refractivity contribution >= 4 is 5.91 Å². The van der Waals surface area contributed by atoms with E-state index in [0.717, 1.165) is 35.4 Å². The highest BCUT2D eigenvalue weighted by atomic mass is 16.5. The summed E-state index contributed by atoms with van der Waals surface area (Å²) < 4.78 is 5.22. The predicted octanol–water partition coefficient (Wildman–Crippen LogP) is 0.787. The fourth-order valence-electron chi connectivity index (χ4n) is 2.49. The second-order valence-electron chi connectivity index (χ2n) is 4.42. The Morgan fingerprint density at radius 2 is 2.32 bits per heavy atom. The first-order valence-corrected chi connectivity index (χ1v) is 6.00. The Kier molecular flexibility index (Phi) is 2.72. The van der Waals surface area contributed by atoms with E-state index in [1.165, 1.54) is 5.56 Å². The van der Waals surface area contributed by atoms with E-state index in [2.05, 4.69) is 15.6 Å². The van der Waals surface area contributed by atoms with Gasteiger partial charge in [-0.1, -0.05) is 0 Å². The van der Waals surface area contributed by atoms with Gasteiger partial charge in [-0.25, -0.2) is 5.84 Å². The number of carbonyl (C=O) groups is 1. The molecule has 1 heterocycles. The van der Waals surface area contributed by atoms with Crippen LogP contribution in [0.4, 0.5) is 0 Å². The number of hydrogen-bond donors (Lipinski definition) is 3. The maximum absolute atomic E-state index is 11.6. The fourth-order valence-corrected chi connectivity index (χ4v) is 2.49. The molecule has 0 bridgehead atoms. The van der Waals surface area contributed by atoms with Crippen molar-refractivity contribution in [1.29, 1.82) is 0 Å². The molecule has 0 saturated carbocycles. The second-order valence-corrected chi connectivity index (χ2v) is 4.42. The number of amides is 1. The molecule has 0 spiro atoms. The predicted molar refractivity (Wildman–Crippen MR) is 69.6 cm³/mol. The Labute approximate surface area is 109 Å².